The first-order valence-electron chi connectivity index (χ1n) is 10.4. The summed E-state index contributed by atoms with van der Waals surface area (Å²) in [4.78, 5) is 12.4. The third kappa shape index (κ3) is 5.75. The Morgan fingerprint density at radius 2 is 1.81 bits per heavy atom. The molecule has 0 bridgehead atoms. The number of hydrogen-bond acceptors (Lipinski definition) is 5. The molecular formula is C22H26ClFN2O4S2. The molecule has 6 nitrogen and oxygen atoms in total. The largest absolute Gasteiger partial charge is 0.349 e. The van der Waals surface area contributed by atoms with Gasteiger partial charge in [-0.2, -0.15) is 0 Å². The number of carbonyl (C=O) groups is 1. The first kappa shape index (κ1) is 24.8. The van der Waals surface area contributed by atoms with Crippen LogP contribution in [0.25, 0.3) is 0 Å². The van der Waals surface area contributed by atoms with Crippen LogP contribution in [0.5, 0.6) is 0 Å². The van der Waals surface area contributed by atoms with Gasteiger partial charge in [-0.25, -0.2) is 12.8 Å². The van der Waals surface area contributed by atoms with Crippen LogP contribution >= 0.6 is 24.5 Å². The molecule has 0 radical (unpaired) electrons. The van der Waals surface area contributed by atoms with Gasteiger partial charge in [0.1, 0.15) is 6.17 Å². The minimum absolute atomic E-state index is 0.0298. The lowest BCUT2D eigenvalue weighted by Gasteiger charge is -2.37. The highest BCUT2D eigenvalue weighted by Gasteiger charge is 2.38. The van der Waals surface area contributed by atoms with Crippen molar-refractivity contribution in [1.29, 1.82) is 0 Å². The zero-order valence-electron chi connectivity index (χ0n) is 17.6. The van der Waals surface area contributed by atoms with Crippen molar-refractivity contribution in [2.45, 2.75) is 55.8 Å². The summed E-state index contributed by atoms with van der Waals surface area (Å²) in [5.74, 6) is -0.332. The van der Waals surface area contributed by atoms with Crippen molar-refractivity contribution < 1.29 is 21.8 Å². The van der Waals surface area contributed by atoms with E-state index in [0.717, 1.165) is 17.1 Å². The molecule has 32 heavy (non-hydrogen) atoms. The summed E-state index contributed by atoms with van der Waals surface area (Å²) < 4.78 is 47.9. The van der Waals surface area contributed by atoms with E-state index in [-0.39, 0.29) is 23.5 Å². The van der Waals surface area contributed by atoms with Crippen molar-refractivity contribution in [2.75, 3.05) is 10.8 Å². The van der Waals surface area contributed by atoms with Gasteiger partial charge in [-0.05, 0) is 81.2 Å². The molecule has 0 heterocycles. The Bertz CT molecular complexity index is 1020. The van der Waals surface area contributed by atoms with E-state index in [2.05, 4.69) is 18.2 Å². The molecule has 174 valence electrons. The molecular weight excluding hydrogens is 475 g/mol. The number of rotatable bonds is 8. The van der Waals surface area contributed by atoms with Crippen LogP contribution in [0, 0.1) is 0 Å². The lowest BCUT2D eigenvalue weighted by atomic mass is 9.93. The fraction of sp³-hybridized carbons (Fsp3) is 0.409. The number of hydrogen-bond donors (Lipinski definition) is 2. The second kappa shape index (κ2) is 10.9. The number of alkyl halides is 1. The normalized spacial score (nSPS) is 19.9. The minimum atomic E-state index is -4.05. The summed E-state index contributed by atoms with van der Waals surface area (Å²) in [6.45, 7) is 2.03. The zero-order chi connectivity index (χ0) is 23.3. The maximum absolute atomic E-state index is 14.9. The monoisotopic (exact) mass is 500 g/mol. The molecule has 2 aromatic carbocycles. The van der Waals surface area contributed by atoms with Crippen molar-refractivity contribution in [3.8, 4) is 0 Å². The molecule has 1 amide bonds. The number of thiol groups is 1. The standard InChI is InChI=1S/C22H26ClFN2O4S2/c1-15(30-31)14-25-22(27)16-6-10-18(11-7-16)26(21-5-3-2-4-20(21)24)32(28,29)19-12-8-17(23)9-13-19/h6-13,15,20-21,31H,2-5,14H2,1H3,(H,25,27)/t15-,20?,21?/m0/s1. The van der Waals surface area contributed by atoms with Gasteiger partial charge in [0, 0.05) is 17.1 Å². The highest BCUT2D eigenvalue weighted by molar-refractivity contribution is 7.92. The van der Waals surface area contributed by atoms with Crippen LogP contribution in [-0.2, 0) is 14.2 Å². The maximum Gasteiger partial charge on any atom is 0.264 e. The van der Waals surface area contributed by atoms with Gasteiger partial charge in [0.15, 0.2) is 0 Å². The number of anilines is 1. The van der Waals surface area contributed by atoms with E-state index >= 15 is 0 Å². The molecule has 3 rings (SSSR count). The fourth-order valence-electron chi connectivity index (χ4n) is 3.69. The Hall–Kier alpha value is -1.81. The molecule has 0 saturated heterocycles. The second-order valence-corrected chi connectivity index (χ2v) is 10.3. The summed E-state index contributed by atoms with van der Waals surface area (Å²) in [5, 5.41) is 3.12. The molecule has 0 spiro atoms. The van der Waals surface area contributed by atoms with Gasteiger partial charge in [-0.15, -0.1) is 0 Å². The third-order valence-corrected chi connectivity index (χ3v) is 7.91. The molecule has 1 fully saturated rings. The second-order valence-electron chi connectivity index (χ2n) is 7.80. The van der Waals surface area contributed by atoms with Crippen molar-refractivity contribution >= 4 is 46.1 Å². The fourth-order valence-corrected chi connectivity index (χ4v) is 5.60. The molecule has 3 atom stereocenters. The van der Waals surface area contributed by atoms with E-state index in [1.807, 2.05) is 0 Å². The molecule has 1 N–H and O–H groups in total. The van der Waals surface area contributed by atoms with Crippen molar-refractivity contribution in [1.82, 2.24) is 5.32 Å². The Kier molecular flexibility index (Phi) is 8.43. The number of sulfonamides is 1. The number of carbonyl (C=O) groups excluding carboxylic acids is 1. The maximum atomic E-state index is 14.9. The predicted octanol–water partition coefficient (Wildman–Crippen LogP) is 4.80. The van der Waals surface area contributed by atoms with Crippen molar-refractivity contribution in [3.63, 3.8) is 0 Å². The quantitative estimate of drug-likeness (QED) is 0.403. The summed E-state index contributed by atoms with van der Waals surface area (Å²) in [6, 6.07) is 11.1. The van der Waals surface area contributed by atoms with Crippen molar-refractivity contribution in [2.24, 2.45) is 0 Å². The molecule has 0 aliphatic heterocycles. The van der Waals surface area contributed by atoms with Gasteiger partial charge >= 0.3 is 0 Å². The van der Waals surface area contributed by atoms with Gasteiger partial charge in [0.25, 0.3) is 15.9 Å². The van der Waals surface area contributed by atoms with E-state index in [9.17, 15) is 17.6 Å². The summed E-state index contributed by atoms with van der Waals surface area (Å²) in [5.41, 5.74) is 0.655. The average molecular weight is 501 g/mol. The Morgan fingerprint density at radius 3 is 2.41 bits per heavy atom. The zero-order valence-corrected chi connectivity index (χ0v) is 20.0. The van der Waals surface area contributed by atoms with E-state index < -0.39 is 22.2 Å². The van der Waals surface area contributed by atoms with Gasteiger partial charge in [0.05, 0.1) is 22.7 Å². The van der Waals surface area contributed by atoms with Crippen LogP contribution in [-0.4, -0.2) is 39.2 Å². The van der Waals surface area contributed by atoms with Crippen LogP contribution in [0.3, 0.4) is 0 Å². The van der Waals surface area contributed by atoms with Crippen LogP contribution < -0.4 is 9.62 Å². The molecule has 2 unspecified atom stereocenters. The molecule has 1 aliphatic rings. The molecule has 0 aromatic heterocycles. The summed E-state index contributed by atoms with van der Waals surface area (Å²) >= 11 is 9.62. The highest BCUT2D eigenvalue weighted by Crippen LogP contribution is 2.34. The lowest BCUT2D eigenvalue weighted by molar-refractivity contribution is 0.0937. The minimum Gasteiger partial charge on any atom is -0.349 e. The average Bonchev–Trinajstić information content (AvgIpc) is 2.79. The van der Waals surface area contributed by atoms with E-state index in [0.29, 0.717) is 29.1 Å². The lowest BCUT2D eigenvalue weighted by Crippen LogP contribution is -2.47. The number of halogens is 2. The topological polar surface area (TPSA) is 75.7 Å². The number of amides is 1. The first-order valence-corrected chi connectivity index (χ1v) is 12.5. The molecule has 10 heteroatoms. The SMILES string of the molecule is C[C@@H](CNC(=O)c1ccc(N(C2CCCCC2F)S(=O)(=O)c2ccc(Cl)cc2)cc1)OS. The summed E-state index contributed by atoms with van der Waals surface area (Å²) in [7, 11) is -4.05. The van der Waals surface area contributed by atoms with Crippen LogP contribution in [0.1, 0.15) is 43.0 Å². The summed E-state index contributed by atoms with van der Waals surface area (Å²) in [6.07, 6.45) is 0.635. The smallest absolute Gasteiger partial charge is 0.264 e. The third-order valence-electron chi connectivity index (χ3n) is 5.43. The van der Waals surface area contributed by atoms with E-state index in [1.165, 1.54) is 48.5 Å². The molecule has 1 aliphatic carbocycles. The van der Waals surface area contributed by atoms with Gasteiger partial charge in [0.2, 0.25) is 0 Å². The molecule has 2 aromatic rings. The Morgan fingerprint density at radius 1 is 1.19 bits per heavy atom. The highest BCUT2D eigenvalue weighted by atomic mass is 35.5. The van der Waals surface area contributed by atoms with Gasteiger partial charge < -0.3 is 9.50 Å². The number of nitrogens with zero attached hydrogens (tertiary/aromatic N) is 1. The predicted molar refractivity (Wildman–Crippen MR) is 127 cm³/mol. The van der Waals surface area contributed by atoms with Gasteiger partial charge in [-0.3, -0.25) is 9.10 Å². The first-order chi connectivity index (χ1) is 15.2. The van der Waals surface area contributed by atoms with Crippen LogP contribution in [0.4, 0.5) is 10.1 Å². The van der Waals surface area contributed by atoms with Crippen molar-refractivity contribution in [3.05, 3.63) is 59.1 Å². The Balaban J connectivity index is 1.93. The Labute approximate surface area is 198 Å². The number of benzene rings is 2. The van der Waals surface area contributed by atoms with Crippen LogP contribution in [0.2, 0.25) is 5.02 Å². The van der Waals surface area contributed by atoms with E-state index in [4.69, 9.17) is 15.8 Å². The molecule has 1 saturated carbocycles. The number of nitrogens with one attached hydrogen (secondary N) is 1. The van der Waals surface area contributed by atoms with Crippen LogP contribution in [0.15, 0.2) is 53.4 Å². The van der Waals surface area contributed by atoms with E-state index in [1.54, 1.807) is 6.92 Å². The van der Waals surface area contributed by atoms with Gasteiger partial charge in [-0.1, -0.05) is 24.4 Å².